The van der Waals surface area contributed by atoms with Gasteiger partial charge in [0.1, 0.15) is 12.0 Å². The second-order valence-electron chi connectivity index (χ2n) is 6.14. The third kappa shape index (κ3) is 2.64. The zero-order valence-corrected chi connectivity index (χ0v) is 13.3. The van der Waals surface area contributed by atoms with Crippen LogP contribution in [0.5, 0.6) is 0 Å². The highest BCUT2D eigenvalue weighted by Gasteiger charge is 2.27. The smallest absolute Gasteiger partial charge is 0.353 e. The van der Waals surface area contributed by atoms with Crippen LogP contribution in [0, 0.1) is 6.92 Å². The van der Waals surface area contributed by atoms with Gasteiger partial charge in [-0.25, -0.2) is 4.79 Å². The Bertz CT molecular complexity index is 926. The molecule has 0 aliphatic carbocycles. The van der Waals surface area contributed by atoms with Crippen LogP contribution >= 0.6 is 0 Å². The SMILES string of the molecule is Cc1ccc(-c2cc3cn([C@@H]4CC[C@H](CO)O4)c(=O)nc3o2)cc1. The van der Waals surface area contributed by atoms with Gasteiger partial charge in [0.2, 0.25) is 5.71 Å². The quantitative estimate of drug-likeness (QED) is 0.800. The van der Waals surface area contributed by atoms with Gasteiger partial charge in [0.15, 0.2) is 0 Å². The summed E-state index contributed by atoms with van der Waals surface area (Å²) in [7, 11) is 0. The fourth-order valence-electron chi connectivity index (χ4n) is 3.02. The van der Waals surface area contributed by atoms with Gasteiger partial charge in [-0.1, -0.05) is 29.8 Å². The third-order valence-corrected chi connectivity index (χ3v) is 4.37. The lowest BCUT2D eigenvalue weighted by molar-refractivity contribution is -0.0243. The minimum atomic E-state index is -0.407. The van der Waals surface area contributed by atoms with E-state index in [0.29, 0.717) is 17.9 Å². The summed E-state index contributed by atoms with van der Waals surface area (Å²) in [6, 6.07) is 9.85. The van der Waals surface area contributed by atoms with Crippen molar-refractivity contribution >= 4 is 11.1 Å². The number of benzene rings is 1. The molecule has 2 aromatic heterocycles. The van der Waals surface area contributed by atoms with Crippen LogP contribution in [-0.4, -0.2) is 27.4 Å². The average molecular weight is 326 g/mol. The van der Waals surface area contributed by atoms with E-state index < -0.39 is 5.69 Å². The van der Waals surface area contributed by atoms with Crippen LogP contribution in [0.3, 0.4) is 0 Å². The van der Waals surface area contributed by atoms with Crippen LogP contribution in [0.4, 0.5) is 0 Å². The maximum atomic E-state index is 12.3. The number of aliphatic hydroxyl groups excluding tert-OH is 1. The maximum absolute atomic E-state index is 12.3. The summed E-state index contributed by atoms with van der Waals surface area (Å²) in [6.07, 6.45) is 2.53. The lowest BCUT2D eigenvalue weighted by Crippen LogP contribution is -2.27. The number of aromatic nitrogens is 2. The Morgan fingerprint density at radius 3 is 2.79 bits per heavy atom. The van der Waals surface area contributed by atoms with Crippen molar-refractivity contribution in [3.05, 3.63) is 52.6 Å². The molecule has 1 aromatic carbocycles. The largest absolute Gasteiger partial charge is 0.437 e. The summed E-state index contributed by atoms with van der Waals surface area (Å²) < 4.78 is 12.9. The van der Waals surface area contributed by atoms with Crippen molar-refractivity contribution in [2.75, 3.05) is 6.61 Å². The minimum absolute atomic E-state index is 0.0375. The average Bonchev–Trinajstić information content (AvgIpc) is 3.20. The Morgan fingerprint density at radius 1 is 1.29 bits per heavy atom. The van der Waals surface area contributed by atoms with Crippen molar-refractivity contribution in [3.63, 3.8) is 0 Å². The second kappa shape index (κ2) is 5.89. The number of fused-ring (bicyclic) bond motifs is 1. The van der Waals surface area contributed by atoms with Crippen molar-refractivity contribution in [1.82, 2.24) is 9.55 Å². The monoisotopic (exact) mass is 326 g/mol. The van der Waals surface area contributed by atoms with Crippen LogP contribution in [0.25, 0.3) is 22.4 Å². The molecule has 1 saturated heterocycles. The number of rotatable bonds is 3. The van der Waals surface area contributed by atoms with E-state index in [-0.39, 0.29) is 18.9 Å². The normalized spacial score (nSPS) is 20.8. The molecule has 3 heterocycles. The molecule has 124 valence electrons. The van der Waals surface area contributed by atoms with Crippen LogP contribution in [0.15, 0.2) is 45.7 Å². The number of hydrogen-bond acceptors (Lipinski definition) is 5. The molecule has 0 amide bonds. The molecule has 0 unspecified atom stereocenters. The Balaban J connectivity index is 1.73. The highest BCUT2D eigenvalue weighted by molar-refractivity contribution is 5.79. The van der Waals surface area contributed by atoms with Gasteiger partial charge in [0.25, 0.3) is 0 Å². The number of hydrogen-bond donors (Lipinski definition) is 1. The molecule has 4 rings (SSSR count). The van der Waals surface area contributed by atoms with E-state index in [0.717, 1.165) is 17.4 Å². The van der Waals surface area contributed by atoms with Gasteiger partial charge >= 0.3 is 5.69 Å². The van der Waals surface area contributed by atoms with Crippen molar-refractivity contribution in [2.45, 2.75) is 32.1 Å². The zero-order chi connectivity index (χ0) is 16.7. The van der Waals surface area contributed by atoms with Gasteiger partial charge in [0, 0.05) is 11.8 Å². The molecule has 6 nitrogen and oxygen atoms in total. The number of aliphatic hydroxyl groups is 1. The molecule has 2 atom stereocenters. The Morgan fingerprint density at radius 2 is 2.08 bits per heavy atom. The van der Waals surface area contributed by atoms with Crippen molar-refractivity contribution in [1.29, 1.82) is 0 Å². The first-order chi connectivity index (χ1) is 11.6. The Hall–Kier alpha value is -2.44. The topological polar surface area (TPSA) is 77.5 Å². The lowest BCUT2D eigenvalue weighted by Gasteiger charge is -2.14. The summed E-state index contributed by atoms with van der Waals surface area (Å²) in [5.74, 6) is 0.676. The molecule has 0 bridgehead atoms. The molecule has 1 aliphatic rings. The molecule has 3 aromatic rings. The predicted octanol–water partition coefficient (Wildman–Crippen LogP) is 2.63. The molecular formula is C18H18N2O4. The highest BCUT2D eigenvalue weighted by atomic mass is 16.5. The fraction of sp³-hybridized carbons (Fsp3) is 0.333. The predicted molar refractivity (Wildman–Crippen MR) is 88.7 cm³/mol. The second-order valence-corrected chi connectivity index (χ2v) is 6.14. The van der Waals surface area contributed by atoms with Crippen LogP contribution < -0.4 is 5.69 Å². The minimum Gasteiger partial charge on any atom is -0.437 e. The Labute approximate surface area is 138 Å². The van der Waals surface area contributed by atoms with Gasteiger partial charge < -0.3 is 14.3 Å². The first kappa shape index (κ1) is 15.1. The molecule has 1 N–H and O–H groups in total. The van der Waals surface area contributed by atoms with Gasteiger partial charge in [-0.05, 0) is 25.8 Å². The molecule has 0 spiro atoms. The Kier molecular flexibility index (Phi) is 3.70. The van der Waals surface area contributed by atoms with E-state index in [2.05, 4.69) is 4.98 Å². The molecule has 24 heavy (non-hydrogen) atoms. The van der Waals surface area contributed by atoms with E-state index >= 15 is 0 Å². The van der Waals surface area contributed by atoms with Crippen molar-refractivity contribution in [3.8, 4) is 11.3 Å². The number of nitrogens with zero attached hydrogens (tertiary/aromatic N) is 2. The van der Waals surface area contributed by atoms with Gasteiger partial charge in [0.05, 0.1) is 18.1 Å². The van der Waals surface area contributed by atoms with Crippen LogP contribution in [-0.2, 0) is 4.74 Å². The van der Waals surface area contributed by atoms with E-state index in [1.165, 1.54) is 10.1 Å². The van der Waals surface area contributed by atoms with Gasteiger partial charge in [-0.15, -0.1) is 0 Å². The van der Waals surface area contributed by atoms with E-state index in [9.17, 15) is 9.90 Å². The summed E-state index contributed by atoms with van der Waals surface area (Å²) in [5, 5.41) is 9.93. The summed E-state index contributed by atoms with van der Waals surface area (Å²) in [5.41, 5.74) is 2.03. The molecule has 1 fully saturated rings. The van der Waals surface area contributed by atoms with E-state index in [4.69, 9.17) is 9.15 Å². The van der Waals surface area contributed by atoms with Gasteiger partial charge in [-0.3, -0.25) is 4.57 Å². The first-order valence-corrected chi connectivity index (χ1v) is 8.00. The highest BCUT2D eigenvalue weighted by Crippen LogP contribution is 2.29. The van der Waals surface area contributed by atoms with E-state index in [1.54, 1.807) is 6.20 Å². The molecular weight excluding hydrogens is 308 g/mol. The van der Waals surface area contributed by atoms with Crippen LogP contribution in [0.1, 0.15) is 24.6 Å². The lowest BCUT2D eigenvalue weighted by atomic mass is 10.1. The van der Waals surface area contributed by atoms with Crippen LogP contribution in [0.2, 0.25) is 0 Å². The third-order valence-electron chi connectivity index (χ3n) is 4.37. The molecule has 0 radical (unpaired) electrons. The first-order valence-electron chi connectivity index (χ1n) is 8.00. The standard InChI is InChI=1S/C18H18N2O4/c1-11-2-4-12(5-3-11)15-8-13-9-20(18(22)19-17(13)24-15)16-7-6-14(10-21)23-16/h2-5,8-9,14,16,21H,6-7,10H2,1H3/t14-,16+/m1/s1. The molecule has 6 heteroatoms. The molecule has 0 saturated carbocycles. The van der Waals surface area contributed by atoms with E-state index in [1.807, 2.05) is 37.3 Å². The summed E-state index contributed by atoms with van der Waals surface area (Å²) >= 11 is 0. The number of furan rings is 1. The van der Waals surface area contributed by atoms with Crippen molar-refractivity contribution in [2.24, 2.45) is 0 Å². The van der Waals surface area contributed by atoms with Crippen molar-refractivity contribution < 1.29 is 14.3 Å². The fourth-order valence-corrected chi connectivity index (χ4v) is 3.02. The summed E-state index contributed by atoms with van der Waals surface area (Å²) in [4.78, 5) is 16.3. The van der Waals surface area contributed by atoms with Gasteiger partial charge in [-0.2, -0.15) is 4.98 Å². The maximum Gasteiger partial charge on any atom is 0.353 e. The number of ether oxygens (including phenoxy) is 1. The molecule has 1 aliphatic heterocycles. The number of aryl methyl sites for hydroxylation is 1. The zero-order valence-electron chi connectivity index (χ0n) is 13.3. The summed E-state index contributed by atoms with van der Waals surface area (Å²) in [6.45, 7) is 1.99.